The van der Waals surface area contributed by atoms with E-state index in [1.54, 1.807) is 24.2 Å². The quantitative estimate of drug-likeness (QED) is 0.865. The van der Waals surface area contributed by atoms with Crippen LogP contribution in [0.2, 0.25) is 0 Å². The third kappa shape index (κ3) is 6.42. The zero-order chi connectivity index (χ0) is 14.5. The van der Waals surface area contributed by atoms with Gasteiger partial charge in [-0.1, -0.05) is 13.8 Å². The van der Waals surface area contributed by atoms with E-state index in [1.807, 2.05) is 19.9 Å². The van der Waals surface area contributed by atoms with Gasteiger partial charge >= 0.3 is 6.18 Å². The summed E-state index contributed by atoms with van der Waals surface area (Å²) >= 11 is 0. The third-order valence-corrected chi connectivity index (χ3v) is 2.66. The van der Waals surface area contributed by atoms with Gasteiger partial charge in [0.2, 0.25) is 0 Å². The lowest BCUT2D eigenvalue weighted by Crippen LogP contribution is -2.25. The lowest BCUT2D eigenvalue weighted by Gasteiger charge is -2.20. The number of hydrogen-bond acceptors (Lipinski definition) is 3. The van der Waals surface area contributed by atoms with Crippen LogP contribution in [0.1, 0.15) is 26.0 Å². The van der Waals surface area contributed by atoms with Crippen molar-refractivity contribution in [2.45, 2.75) is 39.0 Å². The highest BCUT2D eigenvalue weighted by Gasteiger charge is 2.27. The van der Waals surface area contributed by atoms with Gasteiger partial charge in [0, 0.05) is 38.1 Å². The van der Waals surface area contributed by atoms with Gasteiger partial charge in [-0.25, -0.2) is 0 Å². The van der Waals surface area contributed by atoms with Crippen LogP contribution in [0.5, 0.6) is 0 Å². The minimum absolute atomic E-state index is 0.0510. The Bertz CT molecular complexity index is 391. The van der Waals surface area contributed by atoms with Gasteiger partial charge < -0.3 is 10.2 Å². The molecule has 0 aliphatic carbocycles. The van der Waals surface area contributed by atoms with E-state index in [9.17, 15) is 13.2 Å². The fourth-order valence-corrected chi connectivity index (χ4v) is 1.53. The summed E-state index contributed by atoms with van der Waals surface area (Å²) in [6.45, 7) is 4.61. The van der Waals surface area contributed by atoms with Crippen molar-refractivity contribution in [2.24, 2.45) is 0 Å². The van der Waals surface area contributed by atoms with E-state index < -0.39 is 12.6 Å². The van der Waals surface area contributed by atoms with E-state index in [-0.39, 0.29) is 6.54 Å². The summed E-state index contributed by atoms with van der Waals surface area (Å²) in [6.07, 6.45) is -3.31. The third-order valence-electron chi connectivity index (χ3n) is 2.66. The Balaban J connectivity index is 2.60. The molecule has 1 rings (SSSR count). The summed E-state index contributed by atoms with van der Waals surface area (Å²) in [5.41, 5.74) is 1.57. The maximum absolute atomic E-state index is 12.2. The molecule has 0 bridgehead atoms. The second-order valence-electron chi connectivity index (χ2n) is 4.83. The minimum Gasteiger partial charge on any atom is -0.374 e. The molecule has 1 aromatic heterocycles. The van der Waals surface area contributed by atoms with Crippen LogP contribution in [0.25, 0.3) is 0 Å². The first kappa shape index (κ1) is 15.8. The monoisotopic (exact) mass is 275 g/mol. The predicted molar refractivity (Wildman–Crippen MR) is 70.2 cm³/mol. The summed E-state index contributed by atoms with van der Waals surface area (Å²) in [5, 5.41) is 3.22. The Kier molecular flexibility index (Phi) is 5.60. The van der Waals surface area contributed by atoms with Crippen molar-refractivity contribution in [1.82, 2.24) is 10.3 Å². The molecule has 3 nitrogen and oxygen atoms in total. The highest BCUT2D eigenvalue weighted by molar-refractivity contribution is 5.45. The van der Waals surface area contributed by atoms with Gasteiger partial charge in [-0.15, -0.1) is 0 Å². The zero-order valence-electron chi connectivity index (χ0n) is 11.5. The molecule has 0 fully saturated rings. The molecule has 1 heterocycles. The number of anilines is 1. The van der Waals surface area contributed by atoms with Crippen molar-refractivity contribution < 1.29 is 13.2 Å². The molecule has 0 atom stereocenters. The molecule has 0 radical (unpaired) electrons. The average molecular weight is 275 g/mol. The summed E-state index contributed by atoms with van der Waals surface area (Å²) in [5.74, 6) is 0. The molecular formula is C13H20F3N3. The van der Waals surface area contributed by atoms with E-state index in [1.165, 1.54) is 0 Å². The van der Waals surface area contributed by atoms with Crippen LogP contribution >= 0.6 is 0 Å². The molecule has 0 amide bonds. The minimum atomic E-state index is -4.12. The molecule has 0 saturated heterocycles. The Morgan fingerprint density at radius 1 is 1.37 bits per heavy atom. The largest absolute Gasteiger partial charge is 0.390 e. The van der Waals surface area contributed by atoms with Crippen molar-refractivity contribution in [2.75, 3.05) is 18.5 Å². The molecule has 0 unspecified atom stereocenters. The molecule has 0 aromatic carbocycles. The van der Waals surface area contributed by atoms with Crippen molar-refractivity contribution >= 4 is 5.69 Å². The number of rotatable bonds is 6. The maximum atomic E-state index is 12.2. The fourth-order valence-electron chi connectivity index (χ4n) is 1.53. The van der Waals surface area contributed by atoms with Crippen LogP contribution in [0, 0.1) is 0 Å². The van der Waals surface area contributed by atoms with E-state index >= 15 is 0 Å². The van der Waals surface area contributed by atoms with Crippen molar-refractivity contribution in [3.05, 3.63) is 24.0 Å². The maximum Gasteiger partial charge on any atom is 0.390 e. The van der Waals surface area contributed by atoms with Gasteiger partial charge in [-0.3, -0.25) is 4.98 Å². The number of hydrogen-bond donors (Lipinski definition) is 1. The smallest absolute Gasteiger partial charge is 0.374 e. The van der Waals surface area contributed by atoms with Crippen LogP contribution < -0.4 is 10.2 Å². The Morgan fingerprint density at radius 3 is 2.63 bits per heavy atom. The fraction of sp³-hybridized carbons (Fsp3) is 0.615. The average Bonchev–Trinajstić information content (AvgIpc) is 2.33. The number of aromatic nitrogens is 1. The van der Waals surface area contributed by atoms with Crippen LogP contribution in [0.15, 0.2) is 18.3 Å². The van der Waals surface area contributed by atoms with Crippen molar-refractivity contribution in [3.63, 3.8) is 0 Å². The van der Waals surface area contributed by atoms with Crippen molar-refractivity contribution in [1.29, 1.82) is 0 Å². The molecule has 0 aliphatic heterocycles. The van der Waals surface area contributed by atoms with Crippen LogP contribution in [-0.2, 0) is 6.54 Å². The molecular weight excluding hydrogens is 255 g/mol. The van der Waals surface area contributed by atoms with Crippen LogP contribution in [0.3, 0.4) is 0 Å². The molecule has 108 valence electrons. The first-order chi connectivity index (χ1) is 8.78. The van der Waals surface area contributed by atoms with Gasteiger partial charge in [0.05, 0.1) is 12.1 Å². The van der Waals surface area contributed by atoms with Gasteiger partial charge in [-0.2, -0.15) is 13.2 Å². The SMILES string of the molecule is CC(C)NCc1cc(N(C)CCC(F)(F)F)ccn1. The lowest BCUT2D eigenvalue weighted by molar-refractivity contribution is -0.132. The summed E-state index contributed by atoms with van der Waals surface area (Å²) < 4.78 is 36.5. The summed E-state index contributed by atoms with van der Waals surface area (Å²) in [7, 11) is 1.65. The summed E-state index contributed by atoms with van der Waals surface area (Å²) in [4.78, 5) is 5.78. The summed E-state index contributed by atoms with van der Waals surface area (Å²) in [6, 6.07) is 3.87. The molecule has 1 N–H and O–H groups in total. The standard InChI is InChI=1S/C13H20F3N3/c1-10(2)18-9-11-8-12(4-6-17-11)19(3)7-5-13(14,15)16/h4,6,8,10,18H,5,7,9H2,1-3H3. The molecule has 1 aromatic rings. The number of nitrogens with zero attached hydrogens (tertiary/aromatic N) is 2. The molecule has 0 saturated carbocycles. The van der Waals surface area contributed by atoms with Crippen LogP contribution in [-0.4, -0.2) is 30.8 Å². The van der Waals surface area contributed by atoms with Crippen molar-refractivity contribution in [3.8, 4) is 0 Å². The second kappa shape index (κ2) is 6.75. The zero-order valence-corrected chi connectivity index (χ0v) is 11.5. The molecule has 6 heteroatoms. The highest BCUT2D eigenvalue weighted by atomic mass is 19.4. The number of halogens is 3. The molecule has 0 aliphatic rings. The van der Waals surface area contributed by atoms with Gasteiger partial charge in [0.1, 0.15) is 0 Å². The van der Waals surface area contributed by atoms with E-state index in [0.29, 0.717) is 12.6 Å². The first-order valence-electron chi connectivity index (χ1n) is 6.24. The highest BCUT2D eigenvalue weighted by Crippen LogP contribution is 2.21. The lowest BCUT2D eigenvalue weighted by atomic mass is 10.2. The predicted octanol–water partition coefficient (Wildman–Crippen LogP) is 2.97. The van der Waals surface area contributed by atoms with Gasteiger partial charge in [0.25, 0.3) is 0 Å². The normalized spacial score (nSPS) is 11.9. The Labute approximate surface area is 111 Å². The first-order valence-corrected chi connectivity index (χ1v) is 6.24. The van der Waals surface area contributed by atoms with Gasteiger partial charge in [-0.05, 0) is 12.1 Å². The van der Waals surface area contributed by atoms with E-state index in [2.05, 4.69) is 10.3 Å². The number of nitrogens with one attached hydrogen (secondary N) is 1. The molecule has 19 heavy (non-hydrogen) atoms. The second-order valence-corrected chi connectivity index (χ2v) is 4.83. The molecule has 0 spiro atoms. The Hall–Kier alpha value is -1.30. The van der Waals surface area contributed by atoms with Gasteiger partial charge in [0.15, 0.2) is 0 Å². The number of pyridine rings is 1. The van der Waals surface area contributed by atoms with Crippen LogP contribution in [0.4, 0.5) is 18.9 Å². The topological polar surface area (TPSA) is 28.2 Å². The van der Waals surface area contributed by atoms with E-state index in [4.69, 9.17) is 0 Å². The van der Waals surface area contributed by atoms with E-state index in [0.717, 1.165) is 11.4 Å². The Morgan fingerprint density at radius 2 is 2.05 bits per heavy atom. The number of alkyl halides is 3.